The Morgan fingerprint density at radius 1 is 1.32 bits per heavy atom. The SMILES string of the molecule is O[C@@H](Cc1ccccc1)CN1CCOC(Cn2ccnn2)C1. The van der Waals surface area contributed by atoms with Crippen molar-refractivity contribution in [3.8, 4) is 0 Å². The number of aliphatic hydroxyl groups is 1. The van der Waals surface area contributed by atoms with Crippen LogP contribution in [0.15, 0.2) is 42.7 Å². The number of hydrogen-bond donors (Lipinski definition) is 1. The highest BCUT2D eigenvalue weighted by atomic mass is 16.5. The molecular weight excluding hydrogens is 280 g/mol. The van der Waals surface area contributed by atoms with Crippen LogP contribution < -0.4 is 0 Å². The van der Waals surface area contributed by atoms with Crippen molar-refractivity contribution in [3.05, 3.63) is 48.3 Å². The van der Waals surface area contributed by atoms with Crippen molar-refractivity contribution in [2.24, 2.45) is 0 Å². The van der Waals surface area contributed by atoms with Crippen LogP contribution in [-0.2, 0) is 17.7 Å². The summed E-state index contributed by atoms with van der Waals surface area (Å²) >= 11 is 0. The van der Waals surface area contributed by atoms with Crippen molar-refractivity contribution in [2.45, 2.75) is 25.2 Å². The van der Waals surface area contributed by atoms with Crippen molar-refractivity contribution < 1.29 is 9.84 Å². The molecule has 0 amide bonds. The molecule has 2 heterocycles. The Labute approximate surface area is 130 Å². The van der Waals surface area contributed by atoms with Crippen molar-refractivity contribution in [1.82, 2.24) is 19.9 Å². The van der Waals surface area contributed by atoms with Gasteiger partial charge in [0.15, 0.2) is 0 Å². The van der Waals surface area contributed by atoms with Gasteiger partial charge in [-0.05, 0) is 12.0 Å². The van der Waals surface area contributed by atoms with Crippen molar-refractivity contribution in [1.29, 1.82) is 0 Å². The summed E-state index contributed by atoms with van der Waals surface area (Å²) in [5.41, 5.74) is 1.17. The van der Waals surface area contributed by atoms with Crippen molar-refractivity contribution in [3.63, 3.8) is 0 Å². The van der Waals surface area contributed by atoms with Crippen molar-refractivity contribution in [2.75, 3.05) is 26.2 Å². The van der Waals surface area contributed by atoms with Gasteiger partial charge >= 0.3 is 0 Å². The number of benzene rings is 1. The van der Waals surface area contributed by atoms with Gasteiger partial charge in [-0.25, -0.2) is 4.68 Å². The van der Waals surface area contributed by atoms with E-state index in [-0.39, 0.29) is 12.2 Å². The van der Waals surface area contributed by atoms with Gasteiger partial charge in [0, 0.05) is 25.8 Å². The summed E-state index contributed by atoms with van der Waals surface area (Å²) < 4.78 is 7.56. The van der Waals surface area contributed by atoms with Gasteiger partial charge in [0.25, 0.3) is 0 Å². The van der Waals surface area contributed by atoms with E-state index in [2.05, 4.69) is 27.3 Å². The van der Waals surface area contributed by atoms with Gasteiger partial charge < -0.3 is 9.84 Å². The molecule has 2 atom stereocenters. The second-order valence-electron chi connectivity index (χ2n) is 5.72. The summed E-state index contributed by atoms with van der Waals surface area (Å²) in [5, 5.41) is 18.1. The zero-order valence-corrected chi connectivity index (χ0v) is 12.6. The third kappa shape index (κ3) is 4.37. The lowest BCUT2D eigenvalue weighted by atomic mass is 10.1. The monoisotopic (exact) mass is 302 g/mol. The van der Waals surface area contributed by atoms with E-state index in [4.69, 9.17) is 4.74 Å². The predicted octanol–water partition coefficient (Wildman–Crippen LogP) is 0.582. The second-order valence-corrected chi connectivity index (χ2v) is 5.72. The first kappa shape index (κ1) is 15.1. The van der Waals surface area contributed by atoms with E-state index in [0.29, 0.717) is 26.1 Å². The van der Waals surface area contributed by atoms with Crippen LogP contribution in [0.5, 0.6) is 0 Å². The second kappa shape index (κ2) is 7.49. The lowest BCUT2D eigenvalue weighted by molar-refractivity contribution is -0.0483. The average molecular weight is 302 g/mol. The van der Waals surface area contributed by atoms with Crippen LogP contribution in [0.4, 0.5) is 0 Å². The smallest absolute Gasteiger partial charge is 0.0898 e. The van der Waals surface area contributed by atoms with Gasteiger partial charge in [0.2, 0.25) is 0 Å². The number of rotatable bonds is 6. The molecule has 1 aliphatic heterocycles. The zero-order chi connectivity index (χ0) is 15.2. The van der Waals surface area contributed by atoms with E-state index < -0.39 is 0 Å². The molecule has 1 unspecified atom stereocenters. The molecule has 2 aromatic rings. The molecule has 3 rings (SSSR count). The number of hydrogen-bond acceptors (Lipinski definition) is 5. The van der Waals surface area contributed by atoms with Crippen molar-refractivity contribution >= 4 is 0 Å². The minimum atomic E-state index is -0.354. The number of morpholine rings is 1. The highest BCUT2D eigenvalue weighted by molar-refractivity contribution is 5.15. The maximum atomic E-state index is 10.3. The lowest BCUT2D eigenvalue weighted by Crippen LogP contribution is -2.47. The van der Waals surface area contributed by atoms with E-state index in [0.717, 1.165) is 13.1 Å². The summed E-state index contributed by atoms with van der Waals surface area (Å²) in [7, 11) is 0. The maximum absolute atomic E-state index is 10.3. The topological polar surface area (TPSA) is 63.4 Å². The third-order valence-corrected chi connectivity index (χ3v) is 3.87. The molecule has 118 valence electrons. The van der Waals surface area contributed by atoms with E-state index in [1.54, 1.807) is 10.9 Å². The van der Waals surface area contributed by atoms with Gasteiger partial charge in [-0.2, -0.15) is 0 Å². The first-order chi connectivity index (χ1) is 10.8. The molecular formula is C16H22N4O2. The summed E-state index contributed by atoms with van der Waals surface area (Å²) in [5.74, 6) is 0. The first-order valence-electron chi connectivity index (χ1n) is 7.69. The Morgan fingerprint density at radius 3 is 2.95 bits per heavy atom. The zero-order valence-electron chi connectivity index (χ0n) is 12.6. The van der Waals surface area contributed by atoms with E-state index in [1.807, 2.05) is 24.4 Å². The lowest BCUT2D eigenvalue weighted by Gasteiger charge is -2.34. The number of aromatic nitrogens is 3. The van der Waals surface area contributed by atoms with Crippen LogP contribution in [0.3, 0.4) is 0 Å². The molecule has 0 radical (unpaired) electrons. The van der Waals surface area contributed by atoms with Crippen LogP contribution in [0.1, 0.15) is 5.56 Å². The largest absolute Gasteiger partial charge is 0.391 e. The Balaban J connectivity index is 1.47. The summed E-state index contributed by atoms with van der Waals surface area (Å²) in [4.78, 5) is 2.26. The maximum Gasteiger partial charge on any atom is 0.0898 e. The van der Waals surface area contributed by atoms with Gasteiger partial charge in [-0.15, -0.1) is 5.10 Å². The molecule has 1 aromatic carbocycles. The van der Waals surface area contributed by atoms with E-state index >= 15 is 0 Å². The number of β-amino-alcohol motifs (C(OH)–C–C–N with tert-alkyl or cyclic N) is 1. The molecule has 0 spiro atoms. The van der Waals surface area contributed by atoms with Gasteiger partial charge in [-0.3, -0.25) is 4.90 Å². The Morgan fingerprint density at radius 2 is 2.18 bits per heavy atom. The van der Waals surface area contributed by atoms with Crippen LogP contribution in [0, 0.1) is 0 Å². The van der Waals surface area contributed by atoms with Crippen LogP contribution in [-0.4, -0.2) is 63.4 Å². The molecule has 1 saturated heterocycles. The molecule has 22 heavy (non-hydrogen) atoms. The molecule has 1 aromatic heterocycles. The minimum absolute atomic E-state index is 0.0966. The fraction of sp³-hybridized carbons (Fsp3) is 0.500. The number of nitrogens with zero attached hydrogens (tertiary/aromatic N) is 4. The quantitative estimate of drug-likeness (QED) is 0.846. The highest BCUT2D eigenvalue weighted by Crippen LogP contribution is 2.10. The third-order valence-electron chi connectivity index (χ3n) is 3.87. The molecule has 0 saturated carbocycles. The molecule has 1 aliphatic rings. The highest BCUT2D eigenvalue weighted by Gasteiger charge is 2.22. The normalized spacial score (nSPS) is 20.9. The predicted molar refractivity (Wildman–Crippen MR) is 82.4 cm³/mol. The summed E-state index contributed by atoms with van der Waals surface area (Å²) in [6.45, 7) is 3.74. The van der Waals surface area contributed by atoms with E-state index in [1.165, 1.54) is 5.56 Å². The van der Waals surface area contributed by atoms with Crippen LogP contribution in [0.25, 0.3) is 0 Å². The summed E-state index contributed by atoms with van der Waals surface area (Å²) in [6.07, 6.45) is 3.94. The summed E-state index contributed by atoms with van der Waals surface area (Å²) in [6, 6.07) is 10.1. The van der Waals surface area contributed by atoms with Crippen LogP contribution in [0.2, 0.25) is 0 Å². The molecule has 1 fully saturated rings. The standard InChI is InChI=1S/C16H22N4O2/c21-15(10-14-4-2-1-3-5-14)11-19-8-9-22-16(12-19)13-20-7-6-17-18-20/h1-7,15-16,21H,8-13H2/t15-,16?/m0/s1. The number of ether oxygens (including phenoxy) is 1. The van der Waals surface area contributed by atoms with E-state index in [9.17, 15) is 5.11 Å². The molecule has 1 N–H and O–H groups in total. The Kier molecular flexibility index (Phi) is 5.15. The van der Waals surface area contributed by atoms with Crippen LogP contribution >= 0.6 is 0 Å². The first-order valence-corrected chi connectivity index (χ1v) is 7.69. The fourth-order valence-electron chi connectivity index (χ4n) is 2.84. The fourth-order valence-corrected chi connectivity index (χ4v) is 2.84. The Hall–Kier alpha value is -1.76. The van der Waals surface area contributed by atoms with Gasteiger partial charge in [0.05, 0.1) is 31.6 Å². The van der Waals surface area contributed by atoms with Gasteiger partial charge in [-0.1, -0.05) is 35.5 Å². The minimum Gasteiger partial charge on any atom is -0.391 e. The molecule has 0 bridgehead atoms. The van der Waals surface area contributed by atoms with Gasteiger partial charge in [0.1, 0.15) is 0 Å². The molecule has 0 aliphatic carbocycles. The average Bonchev–Trinajstić information content (AvgIpc) is 3.01. The molecule has 6 heteroatoms. The number of aliphatic hydroxyl groups excluding tert-OH is 1. The Bertz CT molecular complexity index is 547. The molecule has 6 nitrogen and oxygen atoms in total.